The van der Waals surface area contributed by atoms with Crippen LogP contribution in [0.2, 0.25) is 0 Å². The van der Waals surface area contributed by atoms with Crippen LogP contribution in [-0.2, 0) is 6.54 Å². The predicted octanol–water partition coefficient (Wildman–Crippen LogP) is 0.283. The minimum atomic E-state index is -1.38. The highest BCUT2D eigenvalue weighted by Crippen LogP contribution is 2.17. The van der Waals surface area contributed by atoms with Crippen molar-refractivity contribution >= 4 is 12.6 Å². The number of hydrogen-bond donors (Lipinski definition) is 2. The Morgan fingerprint density at radius 3 is 2.90 bits per heavy atom. The zero-order valence-corrected chi connectivity index (χ0v) is 12.5. The molecule has 2 N–H and O–H groups in total. The van der Waals surface area contributed by atoms with E-state index in [2.05, 4.69) is 23.8 Å². The quantitative estimate of drug-likeness (QED) is 0.733. The fourth-order valence-corrected chi connectivity index (χ4v) is 3.11. The molecule has 1 atom stereocenters. The topological polar surface area (TPSA) is 46.9 Å². The molecule has 0 aliphatic carbocycles. The summed E-state index contributed by atoms with van der Waals surface area (Å²) in [6.45, 7) is 6.49. The summed E-state index contributed by atoms with van der Waals surface area (Å²) in [5.41, 5.74) is 1.69. The predicted molar refractivity (Wildman–Crippen MR) is 82.9 cm³/mol. The van der Waals surface area contributed by atoms with Gasteiger partial charge in [-0.1, -0.05) is 31.2 Å². The monoisotopic (exact) mass is 276 g/mol. The van der Waals surface area contributed by atoms with Gasteiger partial charge in [-0.2, -0.15) is 0 Å². The fraction of sp³-hybridized carbons (Fsp3) is 0.600. The highest BCUT2D eigenvalue weighted by Gasteiger charge is 2.24. The lowest BCUT2D eigenvalue weighted by Gasteiger charge is -2.27. The van der Waals surface area contributed by atoms with Gasteiger partial charge in [0.05, 0.1) is 0 Å². The van der Waals surface area contributed by atoms with Crippen LogP contribution < -0.4 is 5.46 Å². The largest absolute Gasteiger partial charge is 0.488 e. The minimum absolute atomic E-state index is 0.562. The smallest absolute Gasteiger partial charge is 0.423 e. The van der Waals surface area contributed by atoms with Gasteiger partial charge in [-0.25, -0.2) is 0 Å². The first-order chi connectivity index (χ1) is 9.60. The zero-order valence-electron chi connectivity index (χ0n) is 12.5. The summed E-state index contributed by atoms with van der Waals surface area (Å²) in [5, 5.41) is 18.4. The van der Waals surface area contributed by atoms with Crippen LogP contribution >= 0.6 is 0 Å². The van der Waals surface area contributed by atoms with Gasteiger partial charge in [0.25, 0.3) is 0 Å². The lowest BCUT2D eigenvalue weighted by Crippen LogP contribution is -2.38. The zero-order chi connectivity index (χ0) is 14.5. The number of nitrogens with zero attached hydrogens (tertiary/aromatic N) is 2. The Morgan fingerprint density at radius 1 is 1.40 bits per heavy atom. The van der Waals surface area contributed by atoms with Crippen LogP contribution in [0.15, 0.2) is 24.3 Å². The van der Waals surface area contributed by atoms with Gasteiger partial charge in [0.15, 0.2) is 0 Å². The Bertz CT molecular complexity index is 428. The summed E-state index contributed by atoms with van der Waals surface area (Å²) in [4.78, 5) is 4.87. The molecule has 1 aromatic rings. The molecule has 1 aromatic carbocycles. The second-order valence-corrected chi connectivity index (χ2v) is 5.74. The Balaban J connectivity index is 1.91. The Hall–Kier alpha value is -0.875. The van der Waals surface area contributed by atoms with Crippen molar-refractivity contribution in [1.29, 1.82) is 0 Å². The second-order valence-electron chi connectivity index (χ2n) is 5.74. The van der Waals surface area contributed by atoms with Crippen molar-refractivity contribution < 1.29 is 10.0 Å². The molecule has 0 spiro atoms. The normalized spacial score (nSPS) is 19.8. The van der Waals surface area contributed by atoms with Crippen molar-refractivity contribution in [3.05, 3.63) is 29.8 Å². The van der Waals surface area contributed by atoms with Crippen molar-refractivity contribution in [3.8, 4) is 0 Å². The molecule has 1 aliphatic rings. The molecule has 1 fully saturated rings. The highest BCUT2D eigenvalue weighted by molar-refractivity contribution is 6.58. The van der Waals surface area contributed by atoms with Gasteiger partial charge >= 0.3 is 7.12 Å². The molecule has 0 amide bonds. The lowest BCUT2D eigenvalue weighted by atomic mass is 9.79. The number of hydrogen-bond acceptors (Lipinski definition) is 4. The average molecular weight is 276 g/mol. The van der Waals surface area contributed by atoms with Gasteiger partial charge in [-0.3, -0.25) is 4.90 Å². The summed E-state index contributed by atoms with van der Waals surface area (Å²) >= 11 is 0. The van der Waals surface area contributed by atoms with Crippen LogP contribution in [0.5, 0.6) is 0 Å². The number of likely N-dealkylation sites (N-methyl/N-ethyl adjacent to an activating group) is 2. The van der Waals surface area contributed by atoms with Crippen LogP contribution in [0, 0.1) is 0 Å². The molecule has 2 rings (SSSR count). The van der Waals surface area contributed by atoms with Crippen molar-refractivity contribution in [1.82, 2.24) is 9.80 Å². The molecule has 0 bridgehead atoms. The van der Waals surface area contributed by atoms with E-state index in [1.165, 1.54) is 19.4 Å². The Labute approximate surface area is 122 Å². The summed E-state index contributed by atoms with van der Waals surface area (Å²) in [7, 11) is 0.750. The Morgan fingerprint density at radius 2 is 2.20 bits per heavy atom. The van der Waals surface area contributed by atoms with E-state index in [0.717, 1.165) is 25.2 Å². The van der Waals surface area contributed by atoms with E-state index in [1.54, 1.807) is 6.07 Å². The third kappa shape index (κ3) is 4.06. The summed E-state index contributed by atoms with van der Waals surface area (Å²) in [5.74, 6) is 0. The molecule has 110 valence electrons. The molecule has 1 heterocycles. The van der Waals surface area contributed by atoms with E-state index >= 15 is 0 Å². The van der Waals surface area contributed by atoms with Gasteiger partial charge in [-0.05, 0) is 44.0 Å². The molecule has 4 nitrogen and oxygen atoms in total. The molecule has 1 saturated heterocycles. The lowest BCUT2D eigenvalue weighted by molar-refractivity contribution is 0.195. The average Bonchev–Trinajstić information content (AvgIpc) is 2.86. The van der Waals surface area contributed by atoms with Gasteiger partial charge in [0, 0.05) is 19.1 Å². The first-order valence-electron chi connectivity index (χ1n) is 7.47. The van der Waals surface area contributed by atoms with E-state index in [9.17, 15) is 10.0 Å². The summed E-state index contributed by atoms with van der Waals surface area (Å²) in [6, 6.07) is 8.19. The van der Waals surface area contributed by atoms with Crippen LogP contribution in [0.25, 0.3) is 0 Å². The van der Waals surface area contributed by atoms with Gasteiger partial charge in [0.1, 0.15) is 0 Å². The van der Waals surface area contributed by atoms with Crippen molar-refractivity contribution in [2.45, 2.75) is 32.4 Å². The fourth-order valence-electron chi connectivity index (χ4n) is 3.11. The standard InChI is InChI=1S/C15H25BN2O2/c1-3-18-9-5-8-15(18)12-17(2)11-13-6-4-7-14(10-13)16(19)20/h4,6-7,10,15,19-20H,3,5,8-9,11-12H2,1-2H3. The maximum absolute atomic E-state index is 9.21. The third-order valence-corrected chi connectivity index (χ3v) is 4.13. The summed E-state index contributed by atoms with van der Waals surface area (Å²) < 4.78 is 0. The van der Waals surface area contributed by atoms with Crippen molar-refractivity contribution in [3.63, 3.8) is 0 Å². The van der Waals surface area contributed by atoms with E-state index in [-0.39, 0.29) is 0 Å². The number of rotatable bonds is 6. The maximum Gasteiger partial charge on any atom is 0.488 e. The van der Waals surface area contributed by atoms with E-state index < -0.39 is 7.12 Å². The van der Waals surface area contributed by atoms with Gasteiger partial charge in [0.2, 0.25) is 0 Å². The molecular weight excluding hydrogens is 251 g/mol. The molecule has 0 aromatic heterocycles. The molecule has 0 saturated carbocycles. The third-order valence-electron chi connectivity index (χ3n) is 4.13. The molecule has 20 heavy (non-hydrogen) atoms. The van der Waals surface area contributed by atoms with Crippen LogP contribution in [-0.4, -0.2) is 59.7 Å². The first kappa shape index (κ1) is 15.5. The molecule has 5 heteroatoms. The number of benzene rings is 1. The molecule has 1 unspecified atom stereocenters. The molecule has 1 aliphatic heterocycles. The van der Waals surface area contributed by atoms with Gasteiger partial charge < -0.3 is 14.9 Å². The van der Waals surface area contributed by atoms with Crippen LogP contribution in [0.1, 0.15) is 25.3 Å². The van der Waals surface area contributed by atoms with E-state index in [0.29, 0.717) is 11.5 Å². The van der Waals surface area contributed by atoms with Crippen LogP contribution in [0.4, 0.5) is 0 Å². The maximum atomic E-state index is 9.21. The van der Waals surface area contributed by atoms with Gasteiger partial charge in [-0.15, -0.1) is 0 Å². The van der Waals surface area contributed by atoms with Crippen LogP contribution in [0.3, 0.4) is 0 Å². The SMILES string of the molecule is CCN1CCCC1CN(C)Cc1cccc(B(O)O)c1. The summed E-state index contributed by atoms with van der Waals surface area (Å²) in [6.07, 6.45) is 2.59. The minimum Gasteiger partial charge on any atom is -0.423 e. The van der Waals surface area contributed by atoms with Crippen molar-refractivity contribution in [2.75, 3.05) is 26.7 Å². The Kier molecular flexibility index (Phi) is 5.60. The van der Waals surface area contributed by atoms with E-state index in [4.69, 9.17) is 0 Å². The second kappa shape index (κ2) is 7.22. The highest BCUT2D eigenvalue weighted by atomic mass is 16.4. The molecule has 0 radical (unpaired) electrons. The molecular formula is C15H25BN2O2. The first-order valence-corrected chi connectivity index (χ1v) is 7.47. The van der Waals surface area contributed by atoms with E-state index in [1.807, 2.05) is 18.2 Å². The van der Waals surface area contributed by atoms with Crippen molar-refractivity contribution in [2.24, 2.45) is 0 Å². The number of likely N-dealkylation sites (tertiary alicyclic amines) is 1.